The Bertz CT molecular complexity index is 2540. The first-order valence-corrected chi connectivity index (χ1v) is 21.9. The monoisotopic (exact) mass is 865 g/mol. The number of ether oxygens (including phenoxy) is 2. The number of anilines is 1. The van der Waals surface area contributed by atoms with Crippen molar-refractivity contribution in [3.05, 3.63) is 71.5 Å². The first-order chi connectivity index (χ1) is 30.1. The molecule has 0 radical (unpaired) electrons. The van der Waals surface area contributed by atoms with Crippen molar-refractivity contribution < 1.29 is 42.2 Å². The Balaban J connectivity index is 0.949. The standard InChI is InChI=1S/C47H53F2N7O7/c1-24(2)38(53-44(60)62-5)42(58)54-19-9-11-36(54)40-51-34-17-13-27(21-35(34)52-40)26-12-15-30-31-16-14-29(23-33(31)47(48,49)32(30)20-26)50-41(57)37-22-28-10-7-8-18-46(28)55(37)43(59)39(25(3)4)56(46)45(61)63-6/h12-17,20-21,23-25,28,36-39H,7-11,18-19,22H2,1-6H3,(H,50,57)(H,51,52)(H,53,60)/t28-,36-,37-,38-,39-,46+/m0/s1. The highest BCUT2D eigenvalue weighted by Crippen LogP contribution is 2.56. The lowest BCUT2D eigenvalue weighted by atomic mass is 9.78. The van der Waals surface area contributed by atoms with Crippen LogP contribution in [0.5, 0.6) is 0 Å². The van der Waals surface area contributed by atoms with Gasteiger partial charge in [-0.25, -0.2) is 14.6 Å². The third-order valence-electron chi connectivity index (χ3n) is 14.1. The van der Waals surface area contributed by atoms with Crippen LogP contribution in [-0.4, -0.2) is 99.1 Å². The summed E-state index contributed by atoms with van der Waals surface area (Å²) in [5.41, 5.74) is 2.17. The van der Waals surface area contributed by atoms with Gasteiger partial charge in [0.05, 0.1) is 31.3 Å². The number of carbonyl (C=O) groups is 5. The number of H-pyrrole nitrogens is 1. The van der Waals surface area contributed by atoms with Crippen LogP contribution >= 0.6 is 0 Å². The number of fused-ring (bicyclic) bond motifs is 4. The van der Waals surface area contributed by atoms with E-state index in [2.05, 4.69) is 15.6 Å². The van der Waals surface area contributed by atoms with Crippen molar-refractivity contribution >= 4 is 46.6 Å². The van der Waals surface area contributed by atoms with E-state index in [1.807, 2.05) is 45.9 Å². The molecule has 3 saturated heterocycles. The van der Waals surface area contributed by atoms with Crippen LogP contribution in [0, 0.1) is 17.8 Å². The second-order valence-electron chi connectivity index (χ2n) is 18.3. The van der Waals surface area contributed by atoms with Gasteiger partial charge in [-0.05, 0) is 103 Å². The zero-order chi connectivity index (χ0) is 44.7. The van der Waals surface area contributed by atoms with E-state index in [9.17, 15) is 24.0 Å². The van der Waals surface area contributed by atoms with Crippen LogP contribution in [0.3, 0.4) is 0 Å². The van der Waals surface area contributed by atoms with Crippen molar-refractivity contribution in [1.29, 1.82) is 0 Å². The fraction of sp³-hybridized carbons (Fsp3) is 0.489. The SMILES string of the molecule is COC(=O)N[C@H](C(=O)N1CCC[C@H]1c1nc2cc(-c3ccc4c(c3)C(F)(F)c3cc(NC(=O)[C@@H]5C[C@@H]6CCCC[C@@]67N(C(=O)OC)[C@@H](C(C)C)C(=O)N57)ccc3-4)ccc2[nH]1)C(C)C. The van der Waals surface area contributed by atoms with Crippen molar-refractivity contribution in [2.75, 3.05) is 26.1 Å². The summed E-state index contributed by atoms with van der Waals surface area (Å²) in [5, 5.41) is 5.54. The summed E-state index contributed by atoms with van der Waals surface area (Å²) in [5.74, 6) is -4.30. The number of aromatic nitrogens is 2. The largest absolute Gasteiger partial charge is 0.453 e. The number of nitrogens with zero attached hydrogens (tertiary/aromatic N) is 4. The van der Waals surface area contributed by atoms with Crippen molar-refractivity contribution in [3.8, 4) is 22.3 Å². The zero-order valence-corrected chi connectivity index (χ0v) is 36.3. The van der Waals surface area contributed by atoms with E-state index in [4.69, 9.17) is 14.5 Å². The molecule has 4 aromatic rings. The summed E-state index contributed by atoms with van der Waals surface area (Å²) in [6, 6.07) is 12.3. The average Bonchev–Trinajstić information content (AvgIpc) is 4.08. The molecule has 0 unspecified atom stereocenters. The van der Waals surface area contributed by atoms with Gasteiger partial charge < -0.3 is 34.9 Å². The summed E-state index contributed by atoms with van der Waals surface area (Å²) in [6.45, 7) is 7.97. The molecule has 1 saturated carbocycles. The molecule has 1 spiro atoms. The highest BCUT2D eigenvalue weighted by Gasteiger charge is 2.69. The lowest BCUT2D eigenvalue weighted by molar-refractivity contribution is -0.139. The number of halogens is 2. The predicted octanol–water partition coefficient (Wildman–Crippen LogP) is 7.93. The minimum absolute atomic E-state index is 0.133. The van der Waals surface area contributed by atoms with E-state index in [0.717, 1.165) is 31.2 Å². The van der Waals surface area contributed by atoms with Gasteiger partial charge >= 0.3 is 12.2 Å². The Morgan fingerprint density at radius 1 is 0.889 bits per heavy atom. The minimum atomic E-state index is -3.39. The first-order valence-electron chi connectivity index (χ1n) is 21.9. The maximum absolute atomic E-state index is 16.6. The number of amides is 5. The van der Waals surface area contributed by atoms with Crippen LogP contribution in [0.4, 0.5) is 24.1 Å². The van der Waals surface area contributed by atoms with Crippen LogP contribution in [0.15, 0.2) is 54.6 Å². The van der Waals surface area contributed by atoms with Crippen LogP contribution < -0.4 is 10.6 Å². The smallest absolute Gasteiger partial charge is 0.412 e. The molecule has 3 aliphatic heterocycles. The number of methoxy groups -OCH3 is 2. The maximum atomic E-state index is 16.6. The van der Waals surface area contributed by atoms with Crippen LogP contribution in [0.1, 0.15) is 95.6 Å². The Hall–Kier alpha value is -6.06. The number of hydrogen-bond acceptors (Lipinski definition) is 8. The summed E-state index contributed by atoms with van der Waals surface area (Å²) >= 11 is 0. The molecule has 3 aromatic carbocycles. The molecule has 9 rings (SSSR count). The molecule has 6 atom stereocenters. The number of benzene rings is 3. The number of nitrogens with one attached hydrogen (secondary N) is 3. The topological polar surface area (TPSA) is 166 Å². The quantitative estimate of drug-likeness (QED) is 0.161. The van der Waals surface area contributed by atoms with Gasteiger partial charge in [0.25, 0.3) is 5.92 Å². The first kappa shape index (κ1) is 42.3. The zero-order valence-electron chi connectivity index (χ0n) is 36.3. The van der Waals surface area contributed by atoms with Gasteiger partial charge in [0.2, 0.25) is 17.7 Å². The molecule has 16 heteroatoms. The molecule has 4 heterocycles. The maximum Gasteiger partial charge on any atom is 0.412 e. The Morgan fingerprint density at radius 3 is 2.32 bits per heavy atom. The van der Waals surface area contributed by atoms with Crippen molar-refractivity contribution in [2.24, 2.45) is 17.8 Å². The molecular formula is C47H53F2N7O7. The van der Waals surface area contributed by atoms with Crippen LogP contribution in [0.2, 0.25) is 0 Å². The molecule has 5 amide bonds. The van der Waals surface area contributed by atoms with E-state index < -0.39 is 47.8 Å². The molecular weight excluding hydrogens is 813 g/mol. The number of alkyl halides is 2. The lowest BCUT2D eigenvalue weighted by Crippen LogP contribution is -2.60. The van der Waals surface area contributed by atoms with E-state index in [-0.39, 0.29) is 52.4 Å². The Kier molecular flexibility index (Phi) is 10.5. The molecule has 2 aliphatic carbocycles. The Morgan fingerprint density at radius 2 is 1.60 bits per heavy atom. The molecule has 0 bridgehead atoms. The van der Waals surface area contributed by atoms with Gasteiger partial charge in [-0.1, -0.05) is 58.4 Å². The van der Waals surface area contributed by atoms with Crippen molar-refractivity contribution in [1.82, 2.24) is 30.0 Å². The average molecular weight is 866 g/mol. The molecule has 5 aliphatic rings. The van der Waals surface area contributed by atoms with E-state index in [1.54, 1.807) is 39.0 Å². The van der Waals surface area contributed by atoms with Crippen LogP contribution in [0.25, 0.3) is 33.3 Å². The van der Waals surface area contributed by atoms with Gasteiger partial charge in [0, 0.05) is 29.3 Å². The number of imidazole rings is 1. The Labute approximate surface area is 364 Å². The number of likely N-dealkylation sites (tertiary alicyclic amines) is 1. The molecule has 332 valence electrons. The van der Waals surface area contributed by atoms with Gasteiger partial charge in [0.15, 0.2) is 0 Å². The van der Waals surface area contributed by atoms with Gasteiger partial charge in [-0.3, -0.25) is 19.3 Å². The number of aromatic amines is 1. The number of rotatable bonds is 8. The molecule has 1 aromatic heterocycles. The van der Waals surface area contributed by atoms with Crippen molar-refractivity contribution in [2.45, 2.75) is 108 Å². The summed E-state index contributed by atoms with van der Waals surface area (Å²) in [6.07, 6.45) is 3.50. The second kappa shape index (κ2) is 15.6. The number of hydrogen-bond donors (Lipinski definition) is 3. The molecule has 4 fully saturated rings. The van der Waals surface area contributed by atoms with Crippen LogP contribution in [-0.2, 0) is 29.8 Å². The van der Waals surface area contributed by atoms with E-state index in [1.165, 1.54) is 26.4 Å². The normalized spacial score (nSPS) is 24.9. The molecule has 63 heavy (non-hydrogen) atoms. The highest BCUT2D eigenvalue weighted by atomic mass is 19.3. The minimum Gasteiger partial charge on any atom is -0.453 e. The fourth-order valence-corrected chi connectivity index (χ4v) is 11.2. The molecule has 3 N–H and O–H groups in total. The summed E-state index contributed by atoms with van der Waals surface area (Å²) < 4.78 is 43.1. The number of alkyl carbamates (subject to hydrolysis) is 1. The lowest BCUT2D eigenvalue weighted by Gasteiger charge is -2.46. The highest BCUT2D eigenvalue weighted by molar-refractivity contribution is 6.01. The second-order valence-corrected chi connectivity index (χ2v) is 18.3. The third-order valence-corrected chi connectivity index (χ3v) is 14.1. The van der Waals surface area contributed by atoms with E-state index >= 15 is 8.78 Å². The third kappa shape index (κ3) is 6.61. The van der Waals surface area contributed by atoms with Crippen molar-refractivity contribution in [3.63, 3.8) is 0 Å². The van der Waals surface area contributed by atoms with Gasteiger partial charge in [-0.2, -0.15) is 8.78 Å². The van der Waals surface area contributed by atoms with E-state index in [0.29, 0.717) is 59.4 Å². The predicted molar refractivity (Wildman–Crippen MR) is 229 cm³/mol. The summed E-state index contributed by atoms with van der Waals surface area (Å²) in [7, 11) is 2.55. The molecule has 14 nitrogen and oxygen atoms in total. The van der Waals surface area contributed by atoms with Gasteiger partial charge in [0.1, 0.15) is 29.6 Å². The number of carbonyl (C=O) groups excluding carboxylic acids is 5. The fourth-order valence-electron chi connectivity index (χ4n) is 11.2. The van der Waals surface area contributed by atoms with Gasteiger partial charge in [-0.15, -0.1) is 0 Å². The summed E-state index contributed by atoms with van der Waals surface area (Å²) in [4.78, 5) is 80.5.